The molecule has 0 amide bonds. The van der Waals surface area contributed by atoms with E-state index in [-0.39, 0.29) is 0 Å². The lowest BCUT2D eigenvalue weighted by Gasteiger charge is -1.92. The number of nitrogens with two attached hydrogens (primary N) is 1. The van der Waals surface area contributed by atoms with Crippen LogP contribution in [0.3, 0.4) is 0 Å². The Labute approximate surface area is 48.7 Å². The highest BCUT2D eigenvalue weighted by Gasteiger charge is 1.99. The predicted octanol–water partition coefficient (Wildman–Crippen LogP) is 0.359. The van der Waals surface area contributed by atoms with Gasteiger partial charge in [0.1, 0.15) is 0 Å². The zero-order valence-corrected chi connectivity index (χ0v) is 5.64. The molecule has 0 aliphatic rings. The molecule has 48 valence electrons. The topological polar surface area (TPSA) is 63.3 Å². The summed E-state index contributed by atoms with van der Waals surface area (Å²) in [5, 5.41) is 0. The van der Waals surface area contributed by atoms with Gasteiger partial charge < -0.3 is 10.6 Å². The SMILES string of the molecule is CP(=O)(O)/C=C/CN. The van der Waals surface area contributed by atoms with Crippen molar-refractivity contribution >= 4 is 7.37 Å². The first-order valence-electron chi connectivity index (χ1n) is 2.24. The van der Waals surface area contributed by atoms with Crippen LogP contribution in [0.4, 0.5) is 0 Å². The van der Waals surface area contributed by atoms with Gasteiger partial charge in [0.2, 0.25) is 7.37 Å². The Hall–Kier alpha value is -0.110. The van der Waals surface area contributed by atoms with Crippen LogP contribution in [0.25, 0.3) is 0 Å². The summed E-state index contributed by atoms with van der Waals surface area (Å²) >= 11 is 0. The summed E-state index contributed by atoms with van der Waals surface area (Å²) in [5.74, 6) is 1.23. The molecule has 0 aliphatic heterocycles. The fraction of sp³-hybridized carbons (Fsp3) is 0.500. The molecule has 0 rings (SSSR count). The van der Waals surface area contributed by atoms with Gasteiger partial charge in [0.25, 0.3) is 0 Å². The van der Waals surface area contributed by atoms with E-state index in [1.807, 2.05) is 0 Å². The second-order valence-electron chi connectivity index (χ2n) is 1.56. The van der Waals surface area contributed by atoms with E-state index < -0.39 is 7.37 Å². The highest BCUT2D eigenvalue weighted by molar-refractivity contribution is 7.60. The van der Waals surface area contributed by atoms with Crippen LogP contribution in [-0.2, 0) is 4.57 Å². The molecule has 0 heterocycles. The Morgan fingerprint density at radius 3 is 2.50 bits per heavy atom. The van der Waals surface area contributed by atoms with Crippen LogP contribution >= 0.6 is 7.37 Å². The van der Waals surface area contributed by atoms with E-state index in [2.05, 4.69) is 0 Å². The first-order valence-corrected chi connectivity index (χ1v) is 4.41. The van der Waals surface area contributed by atoms with Crippen LogP contribution in [0, 0.1) is 0 Å². The molecular formula is C4H10NO2P. The van der Waals surface area contributed by atoms with Gasteiger partial charge in [-0.25, -0.2) is 0 Å². The summed E-state index contributed by atoms with van der Waals surface area (Å²) in [7, 11) is -2.94. The molecule has 0 aromatic carbocycles. The van der Waals surface area contributed by atoms with E-state index in [4.69, 9.17) is 10.6 Å². The molecule has 0 aromatic heterocycles. The average Bonchev–Trinajstić information content (AvgIpc) is 1.59. The molecule has 0 aliphatic carbocycles. The monoisotopic (exact) mass is 135 g/mol. The van der Waals surface area contributed by atoms with Gasteiger partial charge in [0, 0.05) is 13.2 Å². The van der Waals surface area contributed by atoms with Gasteiger partial charge in [-0.3, -0.25) is 4.57 Å². The first kappa shape index (κ1) is 7.89. The van der Waals surface area contributed by atoms with Gasteiger partial charge in [-0.1, -0.05) is 6.08 Å². The molecule has 0 spiro atoms. The van der Waals surface area contributed by atoms with E-state index in [1.165, 1.54) is 18.6 Å². The summed E-state index contributed by atoms with van der Waals surface area (Å²) in [5.41, 5.74) is 5.02. The Bertz CT molecular complexity index is 126. The van der Waals surface area contributed by atoms with Gasteiger partial charge in [-0.15, -0.1) is 0 Å². The van der Waals surface area contributed by atoms with Crippen molar-refractivity contribution in [1.29, 1.82) is 0 Å². The predicted molar refractivity (Wildman–Crippen MR) is 33.9 cm³/mol. The molecule has 0 bridgehead atoms. The molecule has 0 saturated carbocycles. The van der Waals surface area contributed by atoms with E-state index in [1.54, 1.807) is 0 Å². The Morgan fingerprint density at radius 1 is 1.88 bits per heavy atom. The third-order valence-corrected chi connectivity index (χ3v) is 1.28. The lowest BCUT2D eigenvalue weighted by Crippen LogP contribution is -1.91. The molecule has 0 radical (unpaired) electrons. The van der Waals surface area contributed by atoms with E-state index in [0.29, 0.717) is 6.54 Å². The summed E-state index contributed by atoms with van der Waals surface area (Å²) in [4.78, 5) is 8.56. The van der Waals surface area contributed by atoms with Crippen molar-refractivity contribution in [2.45, 2.75) is 0 Å². The summed E-state index contributed by atoms with van der Waals surface area (Å²) in [6.45, 7) is 1.58. The summed E-state index contributed by atoms with van der Waals surface area (Å²) in [6, 6.07) is 0. The highest BCUT2D eigenvalue weighted by Crippen LogP contribution is 2.36. The molecule has 4 heteroatoms. The van der Waals surface area contributed by atoms with Crippen molar-refractivity contribution in [3.05, 3.63) is 11.9 Å². The molecule has 0 saturated heterocycles. The van der Waals surface area contributed by atoms with Crippen molar-refractivity contribution in [2.75, 3.05) is 13.2 Å². The maximum Gasteiger partial charge on any atom is 0.219 e. The van der Waals surface area contributed by atoms with Crippen molar-refractivity contribution in [2.24, 2.45) is 5.73 Å². The Balaban J connectivity index is 3.71. The van der Waals surface area contributed by atoms with Crippen molar-refractivity contribution in [3.63, 3.8) is 0 Å². The van der Waals surface area contributed by atoms with Gasteiger partial charge in [0.15, 0.2) is 0 Å². The van der Waals surface area contributed by atoms with Crippen LogP contribution in [0.1, 0.15) is 0 Å². The van der Waals surface area contributed by atoms with Gasteiger partial charge >= 0.3 is 0 Å². The second kappa shape index (κ2) is 3.02. The van der Waals surface area contributed by atoms with Crippen LogP contribution in [-0.4, -0.2) is 18.1 Å². The normalized spacial score (nSPS) is 18.9. The minimum absolute atomic E-state index is 0.318. The maximum absolute atomic E-state index is 10.4. The van der Waals surface area contributed by atoms with E-state index >= 15 is 0 Å². The molecule has 3 N–H and O–H groups in total. The van der Waals surface area contributed by atoms with Gasteiger partial charge in [-0.05, 0) is 5.82 Å². The quantitative estimate of drug-likeness (QED) is 0.537. The van der Waals surface area contributed by atoms with Crippen LogP contribution in [0.5, 0.6) is 0 Å². The Kier molecular flexibility index (Phi) is 2.98. The van der Waals surface area contributed by atoms with Gasteiger partial charge in [0.05, 0.1) is 0 Å². The number of hydrogen-bond acceptors (Lipinski definition) is 2. The van der Waals surface area contributed by atoms with Crippen molar-refractivity contribution < 1.29 is 9.46 Å². The lowest BCUT2D eigenvalue weighted by molar-refractivity contribution is 0.495. The molecular weight excluding hydrogens is 125 g/mol. The molecule has 1 atom stereocenters. The zero-order chi connectivity index (χ0) is 6.62. The van der Waals surface area contributed by atoms with Crippen LogP contribution in [0.2, 0.25) is 0 Å². The fourth-order valence-electron chi connectivity index (χ4n) is 0.256. The fourth-order valence-corrected chi connectivity index (χ4v) is 0.769. The standard InChI is InChI=1S/C4H10NO2P/c1-8(6,7)4-2-3-5/h2,4H,3,5H2,1H3,(H,6,7)/b4-2+. The average molecular weight is 135 g/mol. The minimum Gasteiger partial charge on any atom is -0.342 e. The third-order valence-electron chi connectivity index (χ3n) is 0.518. The minimum atomic E-state index is -2.94. The lowest BCUT2D eigenvalue weighted by atomic mass is 10.7. The molecule has 0 fully saturated rings. The van der Waals surface area contributed by atoms with Gasteiger partial charge in [-0.2, -0.15) is 0 Å². The molecule has 0 aromatic rings. The van der Waals surface area contributed by atoms with Crippen molar-refractivity contribution in [3.8, 4) is 0 Å². The molecule has 1 unspecified atom stereocenters. The number of hydrogen-bond donors (Lipinski definition) is 2. The third kappa shape index (κ3) is 5.89. The number of rotatable bonds is 2. The molecule has 3 nitrogen and oxygen atoms in total. The largest absolute Gasteiger partial charge is 0.342 e. The van der Waals surface area contributed by atoms with Crippen molar-refractivity contribution in [1.82, 2.24) is 0 Å². The highest BCUT2D eigenvalue weighted by atomic mass is 31.2. The van der Waals surface area contributed by atoms with Crippen LogP contribution < -0.4 is 5.73 Å². The van der Waals surface area contributed by atoms with E-state index in [0.717, 1.165) is 0 Å². The zero-order valence-electron chi connectivity index (χ0n) is 4.74. The summed E-state index contributed by atoms with van der Waals surface area (Å²) < 4.78 is 10.4. The smallest absolute Gasteiger partial charge is 0.219 e. The summed E-state index contributed by atoms with van der Waals surface area (Å²) in [6.07, 6.45) is 1.47. The second-order valence-corrected chi connectivity index (χ2v) is 3.75. The Morgan fingerprint density at radius 2 is 2.38 bits per heavy atom. The van der Waals surface area contributed by atoms with Crippen LogP contribution in [0.15, 0.2) is 11.9 Å². The molecule has 8 heavy (non-hydrogen) atoms. The maximum atomic E-state index is 10.4. The van der Waals surface area contributed by atoms with E-state index in [9.17, 15) is 4.57 Å². The first-order chi connectivity index (χ1) is 3.56.